The molecule has 0 atom stereocenters. The minimum Gasteiger partial charge on any atom is -0.317 e. The van der Waals surface area contributed by atoms with Gasteiger partial charge in [-0.1, -0.05) is 6.07 Å². The van der Waals surface area contributed by atoms with Gasteiger partial charge >= 0.3 is 0 Å². The Balaban J connectivity index is 2.08. The Morgan fingerprint density at radius 3 is 2.37 bits per heavy atom. The molecule has 1 saturated heterocycles. The van der Waals surface area contributed by atoms with Crippen LogP contribution in [0.5, 0.6) is 0 Å². The fraction of sp³-hybridized carbons (Fsp3) is 0.500. The Hall–Kier alpha value is -1.21. The van der Waals surface area contributed by atoms with Crippen molar-refractivity contribution in [3.8, 4) is 0 Å². The molecule has 1 heterocycles. The maximum Gasteiger partial charge on any atom is 0.233 e. The number of halogens is 2. The van der Waals surface area contributed by atoms with Crippen LogP contribution in [0.1, 0.15) is 12.8 Å². The van der Waals surface area contributed by atoms with E-state index in [2.05, 4.69) is 5.32 Å². The number of rotatable bonds is 4. The number of benzene rings is 1. The third-order valence-electron chi connectivity index (χ3n) is 3.13. The number of hydrogen-bond acceptors (Lipinski definition) is 3. The standard InChI is InChI=1S/C12H16F2N2O2S/c13-10-2-1-3-11(14)12(10)16-19(17,18)8-9-4-6-15-7-5-9/h1-3,9,15-16H,4-8H2. The van der Waals surface area contributed by atoms with E-state index in [0.29, 0.717) is 0 Å². The third kappa shape index (κ3) is 3.87. The second kappa shape index (κ2) is 5.83. The van der Waals surface area contributed by atoms with Crippen molar-refractivity contribution in [2.24, 2.45) is 5.92 Å². The average Bonchev–Trinajstić information content (AvgIpc) is 2.35. The zero-order chi connectivity index (χ0) is 13.9. The number of nitrogens with one attached hydrogen (secondary N) is 2. The van der Waals surface area contributed by atoms with Gasteiger partial charge in [0.2, 0.25) is 10.0 Å². The molecule has 0 aromatic heterocycles. The molecule has 7 heteroatoms. The van der Waals surface area contributed by atoms with Crippen LogP contribution < -0.4 is 10.0 Å². The lowest BCUT2D eigenvalue weighted by Gasteiger charge is -2.22. The Kier molecular flexibility index (Phi) is 4.36. The second-order valence-corrected chi connectivity index (χ2v) is 6.44. The van der Waals surface area contributed by atoms with Gasteiger partial charge in [0.25, 0.3) is 0 Å². The highest BCUT2D eigenvalue weighted by Gasteiger charge is 2.23. The molecule has 0 spiro atoms. The van der Waals surface area contributed by atoms with E-state index in [-0.39, 0.29) is 11.7 Å². The summed E-state index contributed by atoms with van der Waals surface area (Å²) in [7, 11) is -3.74. The first-order valence-corrected chi connectivity index (χ1v) is 7.78. The predicted molar refractivity (Wildman–Crippen MR) is 69.4 cm³/mol. The fourth-order valence-electron chi connectivity index (χ4n) is 2.15. The molecule has 1 aromatic rings. The van der Waals surface area contributed by atoms with E-state index in [0.717, 1.165) is 38.1 Å². The molecule has 0 saturated carbocycles. The maximum absolute atomic E-state index is 13.4. The van der Waals surface area contributed by atoms with Crippen molar-refractivity contribution in [2.75, 3.05) is 23.6 Å². The summed E-state index contributed by atoms with van der Waals surface area (Å²) in [4.78, 5) is 0. The first-order chi connectivity index (χ1) is 8.98. The molecule has 1 aliphatic rings. The van der Waals surface area contributed by atoms with E-state index in [1.807, 2.05) is 4.72 Å². The van der Waals surface area contributed by atoms with Crippen molar-refractivity contribution in [3.05, 3.63) is 29.8 Å². The van der Waals surface area contributed by atoms with Gasteiger partial charge in [-0.2, -0.15) is 0 Å². The van der Waals surface area contributed by atoms with Crippen LogP contribution >= 0.6 is 0 Å². The van der Waals surface area contributed by atoms with Crippen LogP contribution in [0.25, 0.3) is 0 Å². The largest absolute Gasteiger partial charge is 0.317 e. The van der Waals surface area contributed by atoms with Crippen molar-refractivity contribution in [2.45, 2.75) is 12.8 Å². The number of hydrogen-bond donors (Lipinski definition) is 2. The monoisotopic (exact) mass is 290 g/mol. The van der Waals surface area contributed by atoms with E-state index in [9.17, 15) is 17.2 Å². The highest BCUT2D eigenvalue weighted by Crippen LogP contribution is 2.21. The molecule has 1 aliphatic heterocycles. The number of para-hydroxylation sites is 1. The van der Waals surface area contributed by atoms with Crippen LogP contribution in [-0.2, 0) is 10.0 Å². The molecule has 4 nitrogen and oxygen atoms in total. The van der Waals surface area contributed by atoms with Crippen molar-refractivity contribution < 1.29 is 17.2 Å². The van der Waals surface area contributed by atoms with E-state index < -0.39 is 27.3 Å². The Morgan fingerprint density at radius 1 is 1.21 bits per heavy atom. The summed E-state index contributed by atoms with van der Waals surface area (Å²) in [6.45, 7) is 1.54. The average molecular weight is 290 g/mol. The Bertz CT molecular complexity index is 522. The SMILES string of the molecule is O=S(=O)(CC1CCNCC1)Nc1c(F)cccc1F. The van der Waals surface area contributed by atoms with Crippen molar-refractivity contribution >= 4 is 15.7 Å². The van der Waals surface area contributed by atoms with Crippen LogP contribution in [0.4, 0.5) is 14.5 Å². The molecule has 2 N–H and O–H groups in total. The fourth-order valence-corrected chi connectivity index (χ4v) is 3.69. The van der Waals surface area contributed by atoms with Gasteiger partial charge in [-0.3, -0.25) is 4.72 Å². The summed E-state index contributed by atoms with van der Waals surface area (Å²) in [6.07, 6.45) is 1.50. The van der Waals surface area contributed by atoms with E-state index >= 15 is 0 Å². The van der Waals surface area contributed by atoms with E-state index in [4.69, 9.17) is 0 Å². The lowest BCUT2D eigenvalue weighted by atomic mass is 10.0. The zero-order valence-electron chi connectivity index (χ0n) is 10.3. The Morgan fingerprint density at radius 2 is 1.79 bits per heavy atom. The highest BCUT2D eigenvalue weighted by atomic mass is 32.2. The topological polar surface area (TPSA) is 58.2 Å². The van der Waals surface area contributed by atoms with Gasteiger partial charge < -0.3 is 5.32 Å². The molecule has 0 bridgehead atoms. The van der Waals surface area contributed by atoms with Gasteiger partial charge in [0.1, 0.15) is 17.3 Å². The summed E-state index contributed by atoms with van der Waals surface area (Å²) in [6, 6.07) is 3.23. The van der Waals surface area contributed by atoms with Crippen molar-refractivity contribution in [1.82, 2.24) is 5.32 Å². The van der Waals surface area contributed by atoms with Crippen molar-refractivity contribution in [1.29, 1.82) is 0 Å². The summed E-state index contributed by atoms with van der Waals surface area (Å²) >= 11 is 0. The lowest BCUT2D eigenvalue weighted by Crippen LogP contribution is -2.33. The minimum absolute atomic E-state index is 0.0218. The minimum atomic E-state index is -3.74. The van der Waals surface area contributed by atoms with Gasteiger partial charge in [0.05, 0.1) is 5.75 Å². The second-order valence-electron chi connectivity index (χ2n) is 4.67. The molecule has 0 aliphatic carbocycles. The summed E-state index contributed by atoms with van der Waals surface area (Å²) in [5, 5.41) is 3.13. The van der Waals surface area contributed by atoms with Gasteiger partial charge in [0, 0.05) is 0 Å². The number of anilines is 1. The molecular formula is C12H16F2N2O2S. The lowest BCUT2D eigenvalue weighted by molar-refractivity contribution is 0.402. The van der Waals surface area contributed by atoms with Crippen LogP contribution in [0.2, 0.25) is 0 Å². The zero-order valence-corrected chi connectivity index (χ0v) is 11.1. The van der Waals surface area contributed by atoms with Crippen LogP contribution in [0, 0.1) is 17.6 Å². The van der Waals surface area contributed by atoms with Gasteiger partial charge in [-0.25, -0.2) is 17.2 Å². The Labute approximate surface area is 111 Å². The molecule has 0 amide bonds. The number of piperidine rings is 1. The summed E-state index contributed by atoms with van der Waals surface area (Å²) in [5.41, 5.74) is -0.601. The first kappa shape index (κ1) is 14.2. The van der Waals surface area contributed by atoms with Gasteiger partial charge in [-0.05, 0) is 44.0 Å². The molecule has 19 heavy (non-hydrogen) atoms. The summed E-state index contributed by atoms with van der Waals surface area (Å²) < 4.78 is 52.6. The van der Waals surface area contributed by atoms with E-state index in [1.54, 1.807) is 0 Å². The van der Waals surface area contributed by atoms with E-state index in [1.165, 1.54) is 6.07 Å². The highest BCUT2D eigenvalue weighted by molar-refractivity contribution is 7.92. The third-order valence-corrected chi connectivity index (χ3v) is 4.56. The molecule has 106 valence electrons. The van der Waals surface area contributed by atoms with Crippen LogP contribution in [0.3, 0.4) is 0 Å². The van der Waals surface area contributed by atoms with Gasteiger partial charge in [0.15, 0.2) is 0 Å². The first-order valence-electron chi connectivity index (χ1n) is 6.13. The predicted octanol–water partition coefficient (Wildman–Crippen LogP) is 1.71. The molecular weight excluding hydrogens is 274 g/mol. The molecule has 0 radical (unpaired) electrons. The molecule has 1 fully saturated rings. The normalized spacial score (nSPS) is 17.4. The van der Waals surface area contributed by atoms with Gasteiger partial charge in [-0.15, -0.1) is 0 Å². The molecule has 2 rings (SSSR count). The quantitative estimate of drug-likeness (QED) is 0.887. The van der Waals surface area contributed by atoms with Crippen LogP contribution in [-0.4, -0.2) is 27.3 Å². The van der Waals surface area contributed by atoms with Crippen molar-refractivity contribution in [3.63, 3.8) is 0 Å². The van der Waals surface area contributed by atoms with Crippen LogP contribution in [0.15, 0.2) is 18.2 Å². The molecule has 1 aromatic carbocycles. The maximum atomic E-state index is 13.4. The number of sulfonamides is 1. The summed E-state index contributed by atoms with van der Waals surface area (Å²) in [5.74, 6) is -1.90. The molecule has 0 unspecified atom stereocenters. The smallest absolute Gasteiger partial charge is 0.233 e.